The fraction of sp³-hybridized carbons (Fsp3) is 0.364. The van der Waals surface area contributed by atoms with Crippen LogP contribution in [0.1, 0.15) is 18.4 Å². The maximum Gasteiger partial charge on any atom is 0.262 e. The molecule has 1 fully saturated rings. The van der Waals surface area contributed by atoms with Crippen molar-refractivity contribution in [2.24, 2.45) is 0 Å². The van der Waals surface area contributed by atoms with Crippen molar-refractivity contribution in [3.8, 4) is 11.4 Å². The molecule has 0 saturated carbocycles. The number of hydrogen-bond donors (Lipinski definition) is 1. The van der Waals surface area contributed by atoms with Crippen LogP contribution in [0.15, 0.2) is 29.0 Å². The summed E-state index contributed by atoms with van der Waals surface area (Å²) >= 11 is 0. The summed E-state index contributed by atoms with van der Waals surface area (Å²) in [5, 5.41) is 6.43. The molecule has 0 bridgehead atoms. The van der Waals surface area contributed by atoms with E-state index in [0.717, 1.165) is 0 Å². The van der Waals surface area contributed by atoms with Gasteiger partial charge in [-0.2, -0.15) is 4.98 Å². The molecule has 0 spiro atoms. The summed E-state index contributed by atoms with van der Waals surface area (Å²) < 4.78 is 31.1. The molecular weight excluding hydrogens is 242 g/mol. The quantitative estimate of drug-likeness (QED) is 0.882. The molecular formula is C11H10F2N4O. The first-order valence-electron chi connectivity index (χ1n) is 5.49. The van der Waals surface area contributed by atoms with Crippen LogP contribution in [0.25, 0.3) is 11.4 Å². The minimum absolute atomic E-state index is 0.186. The van der Waals surface area contributed by atoms with E-state index in [0.29, 0.717) is 11.4 Å². The highest BCUT2D eigenvalue weighted by molar-refractivity contribution is 5.51. The van der Waals surface area contributed by atoms with Gasteiger partial charge in [0.2, 0.25) is 11.7 Å². The molecule has 94 valence electrons. The molecule has 1 aliphatic heterocycles. The van der Waals surface area contributed by atoms with Crippen molar-refractivity contribution in [2.45, 2.75) is 18.4 Å². The minimum Gasteiger partial charge on any atom is -0.337 e. The van der Waals surface area contributed by atoms with Crippen LogP contribution in [-0.2, 0) is 0 Å². The number of nitrogens with one attached hydrogen (secondary N) is 1. The zero-order chi connectivity index (χ0) is 12.6. The summed E-state index contributed by atoms with van der Waals surface area (Å²) in [6.07, 6.45) is 2.90. The average molecular weight is 252 g/mol. The zero-order valence-electron chi connectivity index (χ0n) is 9.31. The van der Waals surface area contributed by atoms with Gasteiger partial charge in [0.25, 0.3) is 5.92 Å². The van der Waals surface area contributed by atoms with Crippen LogP contribution in [-0.4, -0.2) is 27.6 Å². The van der Waals surface area contributed by atoms with E-state index < -0.39 is 12.0 Å². The lowest BCUT2D eigenvalue weighted by Crippen LogP contribution is -2.19. The van der Waals surface area contributed by atoms with Crippen molar-refractivity contribution in [2.75, 3.05) is 6.54 Å². The number of hydrogen-bond acceptors (Lipinski definition) is 5. The van der Waals surface area contributed by atoms with Gasteiger partial charge < -0.3 is 4.52 Å². The van der Waals surface area contributed by atoms with Crippen molar-refractivity contribution in [3.63, 3.8) is 0 Å². The van der Waals surface area contributed by atoms with Crippen LogP contribution in [0.5, 0.6) is 0 Å². The molecule has 0 aromatic carbocycles. The SMILES string of the molecule is FC1(F)CN[C@H](c2nc(-c3cccnc3)no2)C1. The number of nitrogens with zero attached hydrogens (tertiary/aromatic N) is 3. The fourth-order valence-electron chi connectivity index (χ4n) is 1.88. The summed E-state index contributed by atoms with van der Waals surface area (Å²) in [4.78, 5) is 8.05. The van der Waals surface area contributed by atoms with Crippen molar-refractivity contribution in [1.82, 2.24) is 20.4 Å². The largest absolute Gasteiger partial charge is 0.337 e. The Hall–Kier alpha value is -1.89. The highest BCUT2D eigenvalue weighted by Gasteiger charge is 2.42. The number of pyridine rings is 1. The third-order valence-corrected chi connectivity index (χ3v) is 2.77. The first-order chi connectivity index (χ1) is 8.64. The van der Waals surface area contributed by atoms with Crippen molar-refractivity contribution in [3.05, 3.63) is 30.4 Å². The first-order valence-corrected chi connectivity index (χ1v) is 5.49. The van der Waals surface area contributed by atoms with Crippen LogP contribution >= 0.6 is 0 Å². The summed E-state index contributed by atoms with van der Waals surface area (Å²) in [5.41, 5.74) is 0.692. The lowest BCUT2D eigenvalue weighted by atomic mass is 10.2. The Morgan fingerprint density at radius 3 is 3.00 bits per heavy atom. The van der Waals surface area contributed by atoms with Crippen molar-refractivity contribution in [1.29, 1.82) is 0 Å². The van der Waals surface area contributed by atoms with Gasteiger partial charge in [0, 0.05) is 24.4 Å². The maximum atomic E-state index is 13.0. The number of aromatic nitrogens is 3. The van der Waals surface area contributed by atoms with Gasteiger partial charge in [0.05, 0.1) is 12.6 Å². The smallest absolute Gasteiger partial charge is 0.262 e. The lowest BCUT2D eigenvalue weighted by Gasteiger charge is -2.04. The predicted molar refractivity (Wildman–Crippen MR) is 57.8 cm³/mol. The average Bonchev–Trinajstić information content (AvgIpc) is 2.96. The molecule has 1 aliphatic rings. The number of alkyl halides is 2. The third kappa shape index (κ3) is 2.08. The molecule has 3 rings (SSSR count). The number of rotatable bonds is 2. The molecule has 2 aromatic rings. The van der Waals surface area contributed by atoms with E-state index in [4.69, 9.17) is 4.52 Å². The standard InChI is InChI=1S/C11H10F2N4O/c12-11(13)4-8(15-6-11)10-16-9(17-18-10)7-2-1-3-14-5-7/h1-3,5,8,15H,4,6H2/t8-/m0/s1. The van der Waals surface area contributed by atoms with Crippen LogP contribution in [0.2, 0.25) is 0 Å². The Bertz CT molecular complexity index is 543. The van der Waals surface area contributed by atoms with Crippen LogP contribution in [0.4, 0.5) is 8.78 Å². The van der Waals surface area contributed by atoms with Crippen molar-refractivity contribution < 1.29 is 13.3 Å². The Balaban J connectivity index is 1.83. The van der Waals surface area contributed by atoms with Gasteiger partial charge >= 0.3 is 0 Å². The topological polar surface area (TPSA) is 63.8 Å². The van der Waals surface area contributed by atoms with Crippen LogP contribution < -0.4 is 5.32 Å². The van der Waals surface area contributed by atoms with E-state index in [1.54, 1.807) is 24.5 Å². The molecule has 0 amide bonds. The molecule has 7 heteroatoms. The molecule has 2 aromatic heterocycles. The molecule has 0 aliphatic carbocycles. The molecule has 0 unspecified atom stereocenters. The van der Waals surface area contributed by atoms with Gasteiger partial charge in [0.1, 0.15) is 0 Å². The molecule has 18 heavy (non-hydrogen) atoms. The zero-order valence-corrected chi connectivity index (χ0v) is 9.31. The lowest BCUT2D eigenvalue weighted by molar-refractivity contribution is 0.0200. The summed E-state index contributed by atoms with van der Waals surface area (Å²) in [6.45, 7) is -0.359. The normalized spacial score (nSPS) is 22.2. The maximum absolute atomic E-state index is 13.0. The highest BCUT2D eigenvalue weighted by Crippen LogP contribution is 2.33. The summed E-state index contributed by atoms with van der Waals surface area (Å²) in [6, 6.07) is 2.93. The first kappa shape index (κ1) is 11.2. The molecule has 1 saturated heterocycles. The van der Waals surface area contributed by atoms with E-state index >= 15 is 0 Å². The van der Waals surface area contributed by atoms with E-state index in [9.17, 15) is 8.78 Å². The third-order valence-electron chi connectivity index (χ3n) is 2.77. The van der Waals surface area contributed by atoms with Crippen molar-refractivity contribution >= 4 is 0 Å². The predicted octanol–water partition coefficient (Wildman–Crippen LogP) is 1.80. The monoisotopic (exact) mass is 252 g/mol. The van der Waals surface area contributed by atoms with Gasteiger partial charge in [-0.15, -0.1) is 0 Å². The second-order valence-electron chi connectivity index (χ2n) is 4.19. The molecule has 5 nitrogen and oxygen atoms in total. The van der Waals surface area contributed by atoms with Gasteiger partial charge in [-0.1, -0.05) is 5.16 Å². The molecule has 0 radical (unpaired) electrons. The summed E-state index contributed by atoms with van der Waals surface area (Å²) in [7, 11) is 0. The Kier molecular flexibility index (Phi) is 2.55. The van der Waals surface area contributed by atoms with Crippen LogP contribution in [0.3, 0.4) is 0 Å². The molecule has 1 atom stereocenters. The summed E-state index contributed by atoms with van der Waals surface area (Å²) in [5.74, 6) is -2.17. The van der Waals surface area contributed by atoms with E-state index in [1.807, 2.05) is 0 Å². The highest BCUT2D eigenvalue weighted by atomic mass is 19.3. The number of halogens is 2. The minimum atomic E-state index is -2.71. The Labute approximate surface area is 101 Å². The van der Waals surface area contributed by atoms with Gasteiger partial charge in [0.15, 0.2) is 0 Å². The fourth-order valence-corrected chi connectivity index (χ4v) is 1.88. The van der Waals surface area contributed by atoms with E-state index in [2.05, 4.69) is 20.4 Å². The van der Waals surface area contributed by atoms with Crippen LogP contribution in [0, 0.1) is 0 Å². The Morgan fingerprint density at radius 1 is 1.44 bits per heavy atom. The van der Waals surface area contributed by atoms with Gasteiger partial charge in [-0.3, -0.25) is 10.3 Å². The second-order valence-corrected chi connectivity index (χ2v) is 4.19. The van der Waals surface area contributed by atoms with Gasteiger partial charge in [-0.05, 0) is 12.1 Å². The van der Waals surface area contributed by atoms with E-state index in [-0.39, 0.29) is 18.9 Å². The van der Waals surface area contributed by atoms with E-state index in [1.165, 1.54) is 0 Å². The molecule has 3 heterocycles. The molecule has 1 N–H and O–H groups in total. The van der Waals surface area contributed by atoms with Gasteiger partial charge in [-0.25, -0.2) is 8.78 Å². The Morgan fingerprint density at radius 2 is 2.33 bits per heavy atom. The second kappa shape index (κ2) is 4.09.